The van der Waals surface area contributed by atoms with Crippen LogP contribution in [-0.4, -0.2) is 16.5 Å². The quantitative estimate of drug-likeness (QED) is 0.695. The fourth-order valence-corrected chi connectivity index (χ4v) is 3.18. The molecule has 3 aromatic rings. The van der Waals surface area contributed by atoms with Crippen LogP contribution in [0.5, 0.6) is 0 Å². The standard InChI is InChI=1S/C19H23N3/c1-13-11-14(2)18-17(12-13)16(5-3-4-8-20)19(22-18)15-6-9-21-10-7-15/h6-7,9-12,22H,3-5,8,20H2,1-2H3. The molecule has 0 aliphatic rings. The van der Waals surface area contributed by atoms with Crippen LogP contribution in [0.2, 0.25) is 0 Å². The van der Waals surface area contributed by atoms with Crippen LogP contribution in [0.25, 0.3) is 22.2 Å². The average Bonchev–Trinajstić information content (AvgIpc) is 2.88. The van der Waals surface area contributed by atoms with Gasteiger partial charge in [0.15, 0.2) is 0 Å². The number of fused-ring (bicyclic) bond motifs is 1. The van der Waals surface area contributed by atoms with Crippen molar-refractivity contribution in [3.8, 4) is 11.3 Å². The number of H-pyrrole nitrogens is 1. The largest absolute Gasteiger partial charge is 0.354 e. The molecule has 3 rings (SSSR count). The van der Waals surface area contributed by atoms with Crippen molar-refractivity contribution in [1.29, 1.82) is 0 Å². The molecule has 0 atom stereocenters. The summed E-state index contributed by atoms with van der Waals surface area (Å²) in [5.74, 6) is 0. The Morgan fingerprint density at radius 3 is 2.59 bits per heavy atom. The Bertz CT molecular complexity index is 772. The molecule has 0 saturated heterocycles. The second kappa shape index (κ2) is 6.32. The molecule has 3 nitrogen and oxygen atoms in total. The summed E-state index contributed by atoms with van der Waals surface area (Å²) < 4.78 is 0. The van der Waals surface area contributed by atoms with Gasteiger partial charge >= 0.3 is 0 Å². The highest BCUT2D eigenvalue weighted by Crippen LogP contribution is 2.33. The molecule has 0 aliphatic heterocycles. The monoisotopic (exact) mass is 293 g/mol. The SMILES string of the molecule is Cc1cc(C)c2[nH]c(-c3ccncc3)c(CCCCN)c2c1. The van der Waals surface area contributed by atoms with E-state index in [-0.39, 0.29) is 0 Å². The van der Waals surface area contributed by atoms with Crippen LogP contribution < -0.4 is 5.73 Å². The van der Waals surface area contributed by atoms with E-state index in [4.69, 9.17) is 5.73 Å². The molecule has 2 heterocycles. The number of aryl methyl sites for hydroxylation is 3. The maximum absolute atomic E-state index is 5.66. The molecule has 0 radical (unpaired) electrons. The van der Waals surface area contributed by atoms with Crippen LogP contribution in [0.15, 0.2) is 36.7 Å². The molecule has 0 saturated carbocycles. The first kappa shape index (κ1) is 14.8. The fourth-order valence-electron chi connectivity index (χ4n) is 3.18. The highest BCUT2D eigenvalue weighted by molar-refractivity contribution is 5.93. The average molecular weight is 293 g/mol. The number of nitrogens with zero attached hydrogens (tertiary/aromatic N) is 1. The number of nitrogens with one attached hydrogen (secondary N) is 1. The third kappa shape index (κ3) is 2.77. The number of rotatable bonds is 5. The van der Waals surface area contributed by atoms with Gasteiger partial charge in [0.25, 0.3) is 0 Å². The van der Waals surface area contributed by atoms with Crippen molar-refractivity contribution in [2.75, 3.05) is 6.54 Å². The predicted octanol–water partition coefficient (Wildman–Crippen LogP) is 4.13. The van der Waals surface area contributed by atoms with E-state index in [2.05, 4.69) is 48.1 Å². The van der Waals surface area contributed by atoms with Gasteiger partial charge in [0.2, 0.25) is 0 Å². The molecule has 0 aliphatic carbocycles. The van der Waals surface area contributed by atoms with Gasteiger partial charge in [0, 0.05) is 34.6 Å². The maximum Gasteiger partial charge on any atom is 0.0498 e. The Hall–Kier alpha value is -2.13. The Morgan fingerprint density at radius 2 is 1.86 bits per heavy atom. The topological polar surface area (TPSA) is 54.7 Å². The third-order valence-electron chi connectivity index (χ3n) is 4.21. The molecule has 114 valence electrons. The van der Waals surface area contributed by atoms with Crippen LogP contribution in [0.4, 0.5) is 0 Å². The van der Waals surface area contributed by atoms with Crippen molar-refractivity contribution in [2.45, 2.75) is 33.1 Å². The van der Waals surface area contributed by atoms with Crippen molar-refractivity contribution in [3.05, 3.63) is 53.3 Å². The maximum atomic E-state index is 5.66. The molecule has 0 bridgehead atoms. The van der Waals surface area contributed by atoms with Gasteiger partial charge in [-0.05, 0) is 69.0 Å². The van der Waals surface area contributed by atoms with Gasteiger partial charge < -0.3 is 10.7 Å². The van der Waals surface area contributed by atoms with E-state index >= 15 is 0 Å². The number of benzene rings is 1. The summed E-state index contributed by atoms with van der Waals surface area (Å²) >= 11 is 0. The predicted molar refractivity (Wildman–Crippen MR) is 93.0 cm³/mol. The zero-order valence-electron chi connectivity index (χ0n) is 13.3. The summed E-state index contributed by atoms with van der Waals surface area (Å²) in [6.07, 6.45) is 6.94. The summed E-state index contributed by atoms with van der Waals surface area (Å²) in [7, 11) is 0. The number of hydrogen-bond donors (Lipinski definition) is 2. The number of unbranched alkanes of at least 4 members (excludes halogenated alkanes) is 1. The second-order valence-corrected chi connectivity index (χ2v) is 5.96. The van der Waals surface area contributed by atoms with Gasteiger partial charge in [-0.1, -0.05) is 11.6 Å². The highest BCUT2D eigenvalue weighted by Gasteiger charge is 2.14. The molecule has 3 heteroatoms. The molecule has 3 N–H and O–H groups in total. The van der Waals surface area contributed by atoms with E-state index in [0.717, 1.165) is 25.8 Å². The van der Waals surface area contributed by atoms with Crippen LogP contribution in [0.1, 0.15) is 29.5 Å². The first-order chi connectivity index (χ1) is 10.7. The summed E-state index contributed by atoms with van der Waals surface area (Å²) in [6.45, 7) is 5.09. The zero-order valence-corrected chi connectivity index (χ0v) is 13.3. The van der Waals surface area contributed by atoms with Crippen molar-refractivity contribution >= 4 is 10.9 Å². The van der Waals surface area contributed by atoms with Gasteiger partial charge in [0.05, 0.1) is 0 Å². The molecular formula is C19H23N3. The molecule has 22 heavy (non-hydrogen) atoms. The van der Waals surface area contributed by atoms with E-state index in [0.29, 0.717) is 0 Å². The number of aromatic nitrogens is 2. The van der Waals surface area contributed by atoms with E-state index in [1.54, 1.807) is 0 Å². The lowest BCUT2D eigenvalue weighted by Gasteiger charge is -2.05. The summed E-state index contributed by atoms with van der Waals surface area (Å²) in [6, 6.07) is 8.67. The molecule has 0 unspecified atom stereocenters. The summed E-state index contributed by atoms with van der Waals surface area (Å²) in [5, 5.41) is 1.35. The summed E-state index contributed by atoms with van der Waals surface area (Å²) in [4.78, 5) is 7.78. The van der Waals surface area contributed by atoms with Crippen LogP contribution in [0, 0.1) is 13.8 Å². The van der Waals surface area contributed by atoms with Crippen molar-refractivity contribution in [2.24, 2.45) is 5.73 Å². The van der Waals surface area contributed by atoms with Crippen molar-refractivity contribution in [3.63, 3.8) is 0 Å². The molecule has 1 aromatic carbocycles. The van der Waals surface area contributed by atoms with Gasteiger partial charge in [0.1, 0.15) is 0 Å². The van der Waals surface area contributed by atoms with E-state index in [9.17, 15) is 0 Å². The van der Waals surface area contributed by atoms with Gasteiger partial charge in [-0.3, -0.25) is 4.98 Å². The highest BCUT2D eigenvalue weighted by atomic mass is 14.7. The Kier molecular flexibility index (Phi) is 4.25. The first-order valence-corrected chi connectivity index (χ1v) is 7.93. The van der Waals surface area contributed by atoms with Crippen LogP contribution in [-0.2, 0) is 6.42 Å². The zero-order chi connectivity index (χ0) is 15.5. The van der Waals surface area contributed by atoms with Gasteiger partial charge in [-0.2, -0.15) is 0 Å². The smallest absolute Gasteiger partial charge is 0.0498 e. The minimum absolute atomic E-state index is 0.755. The minimum atomic E-state index is 0.755. The third-order valence-corrected chi connectivity index (χ3v) is 4.21. The Balaban J connectivity index is 2.17. The van der Waals surface area contributed by atoms with Crippen LogP contribution in [0.3, 0.4) is 0 Å². The van der Waals surface area contributed by atoms with E-state index in [1.807, 2.05) is 12.4 Å². The lowest BCUT2D eigenvalue weighted by Crippen LogP contribution is -1.99. The molecule has 0 fully saturated rings. The van der Waals surface area contributed by atoms with E-state index < -0.39 is 0 Å². The molecular weight excluding hydrogens is 270 g/mol. The number of aromatic amines is 1. The minimum Gasteiger partial charge on any atom is -0.354 e. The number of pyridine rings is 1. The number of nitrogens with two attached hydrogens (primary N) is 1. The Labute approximate surface area is 131 Å². The normalized spacial score (nSPS) is 11.2. The first-order valence-electron chi connectivity index (χ1n) is 7.93. The van der Waals surface area contributed by atoms with Gasteiger partial charge in [-0.25, -0.2) is 0 Å². The molecule has 0 spiro atoms. The fraction of sp³-hybridized carbons (Fsp3) is 0.316. The van der Waals surface area contributed by atoms with Crippen molar-refractivity contribution < 1.29 is 0 Å². The Morgan fingerprint density at radius 1 is 1.09 bits per heavy atom. The second-order valence-electron chi connectivity index (χ2n) is 5.96. The van der Waals surface area contributed by atoms with E-state index in [1.165, 1.54) is 38.9 Å². The van der Waals surface area contributed by atoms with Crippen LogP contribution >= 0.6 is 0 Å². The van der Waals surface area contributed by atoms with Gasteiger partial charge in [-0.15, -0.1) is 0 Å². The number of hydrogen-bond acceptors (Lipinski definition) is 2. The van der Waals surface area contributed by atoms with Crippen molar-refractivity contribution in [1.82, 2.24) is 9.97 Å². The lowest BCUT2D eigenvalue weighted by atomic mass is 9.99. The lowest BCUT2D eigenvalue weighted by molar-refractivity contribution is 0.748. The molecule has 0 amide bonds. The summed E-state index contributed by atoms with van der Waals surface area (Å²) in [5.41, 5.74) is 13.4. The molecule has 2 aromatic heterocycles.